The Hall–Kier alpha value is -1.82. The van der Waals surface area contributed by atoms with Gasteiger partial charge < -0.3 is 5.32 Å². The highest BCUT2D eigenvalue weighted by atomic mass is 16.1. The molecule has 3 nitrogen and oxygen atoms in total. The number of rotatable bonds is 5. The van der Waals surface area contributed by atoms with Crippen LogP contribution < -0.4 is 5.32 Å². The Morgan fingerprint density at radius 2 is 2.00 bits per heavy atom. The van der Waals surface area contributed by atoms with Crippen molar-refractivity contribution < 1.29 is 4.79 Å². The smallest absolute Gasteiger partial charge is 0.221 e. The highest BCUT2D eigenvalue weighted by Gasteiger charge is 2.20. The minimum atomic E-state index is -0.0937. The first-order valence-corrected chi connectivity index (χ1v) is 5.75. The number of benzene rings is 1. The summed E-state index contributed by atoms with van der Waals surface area (Å²) in [7, 11) is 0. The first-order valence-electron chi connectivity index (χ1n) is 5.75. The van der Waals surface area contributed by atoms with Gasteiger partial charge in [-0.05, 0) is 5.56 Å². The van der Waals surface area contributed by atoms with Gasteiger partial charge in [-0.15, -0.1) is 0 Å². The molecule has 0 heterocycles. The third-order valence-corrected chi connectivity index (χ3v) is 2.75. The molecule has 0 unspecified atom stereocenters. The number of nitrogens with one attached hydrogen (secondary N) is 1. The van der Waals surface area contributed by atoms with Crippen LogP contribution in [0.15, 0.2) is 30.3 Å². The van der Waals surface area contributed by atoms with E-state index in [9.17, 15) is 4.79 Å². The van der Waals surface area contributed by atoms with Crippen LogP contribution >= 0.6 is 0 Å². The van der Waals surface area contributed by atoms with E-state index in [0.717, 1.165) is 0 Å². The molecule has 1 N–H and O–H groups in total. The number of hydrogen-bond acceptors (Lipinski definition) is 2. The van der Waals surface area contributed by atoms with Gasteiger partial charge >= 0.3 is 0 Å². The Kier molecular flexibility index (Phi) is 4.71. The normalized spacial score (nSPS) is 10.6. The van der Waals surface area contributed by atoms with E-state index in [1.165, 1.54) is 5.56 Å². The fourth-order valence-electron chi connectivity index (χ4n) is 1.57. The number of nitrogens with zero attached hydrogens (tertiary/aromatic N) is 1. The van der Waals surface area contributed by atoms with Gasteiger partial charge in [0.15, 0.2) is 0 Å². The predicted molar refractivity (Wildman–Crippen MR) is 67.3 cm³/mol. The molecule has 0 aliphatic heterocycles. The molecule has 1 amide bonds. The van der Waals surface area contributed by atoms with Crippen molar-refractivity contribution in [3.8, 4) is 6.07 Å². The van der Waals surface area contributed by atoms with Crippen molar-refractivity contribution in [3.05, 3.63) is 35.9 Å². The van der Waals surface area contributed by atoms with Gasteiger partial charge in [-0.25, -0.2) is 0 Å². The van der Waals surface area contributed by atoms with Gasteiger partial charge in [0, 0.05) is 24.8 Å². The number of hydrogen-bond donors (Lipinski definition) is 1. The summed E-state index contributed by atoms with van der Waals surface area (Å²) < 4.78 is 0. The molecule has 17 heavy (non-hydrogen) atoms. The van der Waals surface area contributed by atoms with E-state index in [4.69, 9.17) is 5.26 Å². The molecular formula is C14H18N2O. The summed E-state index contributed by atoms with van der Waals surface area (Å²) in [6, 6.07) is 12.0. The van der Waals surface area contributed by atoms with Crippen LogP contribution in [0.5, 0.6) is 0 Å². The van der Waals surface area contributed by atoms with Crippen molar-refractivity contribution in [2.45, 2.75) is 32.1 Å². The van der Waals surface area contributed by atoms with E-state index >= 15 is 0 Å². The summed E-state index contributed by atoms with van der Waals surface area (Å²) in [6.07, 6.45) is 0.555. The molecule has 0 aliphatic carbocycles. The average molecular weight is 230 g/mol. The highest BCUT2D eigenvalue weighted by molar-refractivity contribution is 5.76. The molecule has 0 atom stereocenters. The molecule has 3 heteroatoms. The van der Waals surface area contributed by atoms with Gasteiger partial charge in [-0.2, -0.15) is 5.26 Å². The molecule has 0 saturated carbocycles. The number of amides is 1. The average Bonchev–Trinajstić information content (AvgIpc) is 2.35. The summed E-state index contributed by atoms with van der Waals surface area (Å²) in [4.78, 5) is 11.4. The van der Waals surface area contributed by atoms with Crippen molar-refractivity contribution in [2.75, 3.05) is 6.54 Å². The Labute approximate surface area is 102 Å². The fourth-order valence-corrected chi connectivity index (χ4v) is 1.57. The van der Waals surface area contributed by atoms with Crippen molar-refractivity contribution in [3.63, 3.8) is 0 Å². The summed E-state index contributed by atoms with van der Waals surface area (Å²) in [6.45, 7) is 4.76. The zero-order valence-electron chi connectivity index (χ0n) is 10.4. The van der Waals surface area contributed by atoms with Crippen LogP contribution in [-0.4, -0.2) is 12.5 Å². The molecule has 0 radical (unpaired) electrons. The fraction of sp³-hybridized carbons (Fsp3) is 0.429. The van der Waals surface area contributed by atoms with Gasteiger partial charge in [0.1, 0.15) is 0 Å². The van der Waals surface area contributed by atoms with E-state index in [-0.39, 0.29) is 24.2 Å². The zero-order chi connectivity index (χ0) is 12.7. The van der Waals surface area contributed by atoms with Gasteiger partial charge in [0.2, 0.25) is 5.91 Å². The molecule has 1 aromatic carbocycles. The van der Waals surface area contributed by atoms with Crippen molar-refractivity contribution >= 4 is 5.91 Å². The summed E-state index contributed by atoms with van der Waals surface area (Å²) in [5, 5.41) is 11.3. The van der Waals surface area contributed by atoms with E-state index in [0.29, 0.717) is 6.54 Å². The van der Waals surface area contributed by atoms with Gasteiger partial charge in [-0.1, -0.05) is 44.2 Å². The van der Waals surface area contributed by atoms with Crippen molar-refractivity contribution in [1.82, 2.24) is 5.32 Å². The number of carbonyl (C=O) groups excluding carboxylic acids is 1. The predicted octanol–water partition coefficient (Wildman–Crippen LogP) is 2.38. The lowest BCUT2D eigenvalue weighted by atomic mass is 9.84. The first kappa shape index (κ1) is 13.2. The third-order valence-electron chi connectivity index (χ3n) is 2.75. The maximum Gasteiger partial charge on any atom is 0.221 e. The van der Waals surface area contributed by atoms with Crippen LogP contribution in [0.25, 0.3) is 0 Å². The molecule has 0 spiro atoms. The standard InChI is InChI=1S/C14H18N2O/c1-14(2,12-7-4-3-5-8-12)11-16-13(17)9-6-10-15/h3-5,7-8H,6,9,11H2,1-2H3,(H,16,17). The maximum absolute atomic E-state index is 11.4. The lowest BCUT2D eigenvalue weighted by Gasteiger charge is -2.25. The van der Waals surface area contributed by atoms with Crippen LogP contribution in [-0.2, 0) is 10.2 Å². The number of nitriles is 1. The van der Waals surface area contributed by atoms with Gasteiger partial charge in [0.05, 0.1) is 6.07 Å². The van der Waals surface area contributed by atoms with E-state index in [2.05, 4.69) is 31.3 Å². The number of carbonyl (C=O) groups is 1. The van der Waals surface area contributed by atoms with E-state index < -0.39 is 0 Å². The molecule has 1 rings (SSSR count). The van der Waals surface area contributed by atoms with Gasteiger partial charge in [0.25, 0.3) is 0 Å². The topological polar surface area (TPSA) is 52.9 Å². The lowest BCUT2D eigenvalue weighted by Crippen LogP contribution is -2.36. The Balaban J connectivity index is 2.51. The zero-order valence-corrected chi connectivity index (χ0v) is 10.4. The van der Waals surface area contributed by atoms with Crippen LogP contribution in [0.3, 0.4) is 0 Å². The largest absolute Gasteiger partial charge is 0.355 e. The minimum Gasteiger partial charge on any atom is -0.355 e. The monoisotopic (exact) mass is 230 g/mol. The second kappa shape index (κ2) is 6.05. The molecule has 0 fully saturated rings. The molecule has 0 aromatic heterocycles. The van der Waals surface area contributed by atoms with Crippen LogP contribution in [0.1, 0.15) is 32.3 Å². The minimum absolute atomic E-state index is 0.0597. The Morgan fingerprint density at radius 3 is 2.59 bits per heavy atom. The molecule has 0 saturated heterocycles. The second-order valence-corrected chi connectivity index (χ2v) is 4.68. The van der Waals surface area contributed by atoms with E-state index in [1.54, 1.807) is 0 Å². The summed E-state index contributed by atoms with van der Waals surface area (Å²) in [5.41, 5.74) is 1.10. The van der Waals surface area contributed by atoms with Crippen molar-refractivity contribution in [1.29, 1.82) is 5.26 Å². The molecule has 1 aromatic rings. The third kappa shape index (κ3) is 4.28. The van der Waals surface area contributed by atoms with Crippen LogP contribution in [0, 0.1) is 11.3 Å². The maximum atomic E-state index is 11.4. The summed E-state index contributed by atoms with van der Waals surface area (Å²) >= 11 is 0. The summed E-state index contributed by atoms with van der Waals surface area (Å²) in [5.74, 6) is -0.0597. The SMILES string of the molecule is CC(C)(CNC(=O)CCC#N)c1ccccc1. The van der Waals surface area contributed by atoms with Crippen LogP contribution in [0.4, 0.5) is 0 Å². The lowest BCUT2D eigenvalue weighted by molar-refractivity contribution is -0.121. The van der Waals surface area contributed by atoms with Crippen LogP contribution in [0.2, 0.25) is 0 Å². The molecular weight excluding hydrogens is 212 g/mol. The Morgan fingerprint density at radius 1 is 1.35 bits per heavy atom. The first-order chi connectivity index (χ1) is 8.06. The van der Waals surface area contributed by atoms with Gasteiger partial charge in [-0.3, -0.25) is 4.79 Å². The molecule has 0 bridgehead atoms. The van der Waals surface area contributed by atoms with Crippen molar-refractivity contribution in [2.24, 2.45) is 0 Å². The van der Waals surface area contributed by atoms with E-state index in [1.807, 2.05) is 24.3 Å². The Bertz CT molecular complexity index is 404. The highest BCUT2D eigenvalue weighted by Crippen LogP contribution is 2.21. The quantitative estimate of drug-likeness (QED) is 0.844. The molecule has 90 valence electrons. The second-order valence-electron chi connectivity index (χ2n) is 4.68. The molecule has 0 aliphatic rings.